The predicted octanol–water partition coefficient (Wildman–Crippen LogP) is 3.78. The normalized spacial score (nSPS) is 16.2. The van der Waals surface area contributed by atoms with Gasteiger partial charge in [0, 0.05) is 24.4 Å². The second kappa shape index (κ2) is 6.78. The number of nitrogens with one attached hydrogen (secondary N) is 1. The summed E-state index contributed by atoms with van der Waals surface area (Å²) in [6, 6.07) is 14.7. The van der Waals surface area contributed by atoms with E-state index in [2.05, 4.69) is 54.1 Å². The lowest BCUT2D eigenvalue weighted by Crippen LogP contribution is -2.40. The summed E-state index contributed by atoms with van der Waals surface area (Å²) in [6.07, 6.45) is 1.92. The van der Waals surface area contributed by atoms with Crippen LogP contribution in [-0.2, 0) is 19.4 Å². The van der Waals surface area contributed by atoms with E-state index in [1.54, 1.807) is 0 Å². The van der Waals surface area contributed by atoms with Crippen LogP contribution >= 0.6 is 0 Å². The molecule has 2 aliphatic rings. The molecule has 2 aromatic rings. The average molecular weight is 342 g/mol. The SMILES string of the molecule is C=C1NC(CN2CCc3c(C#N)cccc3C2)=Nc2ccc(CC)cc21. The summed E-state index contributed by atoms with van der Waals surface area (Å²) in [4.78, 5) is 7.17. The van der Waals surface area contributed by atoms with Gasteiger partial charge in [-0.1, -0.05) is 31.7 Å². The molecule has 0 aromatic heterocycles. The number of hydrogen-bond donors (Lipinski definition) is 1. The molecule has 130 valence electrons. The van der Waals surface area contributed by atoms with Crippen LogP contribution in [0.4, 0.5) is 5.69 Å². The van der Waals surface area contributed by atoms with Crippen molar-refractivity contribution in [1.82, 2.24) is 10.2 Å². The van der Waals surface area contributed by atoms with Gasteiger partial charge in [0.2, 0.25) is 0 Å². The molecule has 0 atom stereocenters. The summed E-state index contributed by atoms with van der Waals surface area (Å²) in [7, 11) is 0. The third-order valence-electron chi connectivity index (χ3n) is 5.18. The molecule has 2 aromatic carbocycles. The third kappa shape index (κ3) is 3.02. The number of fused-ring (bicyclic) bond motifs is 2. The Morgan fingerprint density at radius 2 is 2.19 bits per heavy atom. The van der Waals surface area contributed by atoms with Gasteiger partial charge in [-0.15, -0.1) is 0 Å². The van der Waals surface area contributed by atoms with Crippen LogP contribution in [-0.4, -0.2) is 23.8 Å². The maximum absolute atomic E-state index is 9.28. The Kier molecular flexibility index (Phi) is 4.32. The van der Waals surface area contributed by atoms with Crippen molar-refractivity contribution in [3.8, 4) is 6.07 Å². The number of nitriles is 1. The first-order valence-electron chi connectivity index (χ1n) is 9.08. The van der Waals surface area contributed by atoms with Crippen LogP contribution in [0, 0.1) is 11.3 Å². The summed E-state index contributed by atoms with van der Waals surface area (Å²) in [6.45, 7) is 8.87. The van der Waals surface area contributed by atoms with Gasteiger partial charge < -0.3 is 5.32 Å². The summed E-state index contributed by atoms with van der Waals surface area (Å²) < 4.78 is 0. The zero-order valence-corrected chi connectivity index (χ0v) is 15.0. The summed E-state index contributed by atoms with van der Waals surface area (Å²) in [5.74, 6) is 0.937. The second-order valence-corrected chi connectivity index (χ2v) is 6.88. The molecule has 1 N–H and O–H groups in total. The lowest BCUT2D eigenvalue weighted by molar-refractivity contribution is 0.288. The number of rotatable bonds is 3. The Morgan fingerprint density at radius 3 is 3.00 bits per heavy atom. The largest absolute Gasteiger partial charge is 0.343 e. The van der Waals surface area contributed by atoms with Crippen molar-refractivity contribution in [2.24, 2.45) is 4.99 Å². The molecular formula is C22H22N4. The van der Waals surface area contributed by atoms with Crippen molar-refractivity contribution in [2.45, 2.75) is 26.3 Å². The molecule has 26 heavy (non-hydrogen) atoms. The van der Waals surface area contributed by atoms with Gasteiger partial charge in [0.1, 0.15) is 5.84 Å². The number of aliphatic imine (C=N–C) groups is 1. The molecule has 4 nitrogen and oxygen atoms in total. The van der Waals surface area contributed by atoms with E-state index < -0.39 is 0 Å². The molecule has 0 saturated carbocycles. The highest BCUT2D eigenvalue weighted by atomic mass is 15.2. The van der Waals surface area contributed by atoms with E-state index in [4.69, 9.17) is 4.99 Å². The maximum atomic E-state index is 9.28. The van der Waals surface area contributed by atoms with Crippen LogP contribution in [0.15, 0.2) is 48.0 Å². The molecule has 0 amide bonds. The molecule has 4 rings (SSSR count). The lowest BCUT2D eigenvalue weighted by Gasteiger charge is -2.31. The van der Waals surface area contributed by atoms with Crippen LogP contribution in [0.25, 0.3) is 5.70 Å². The second-order valence-electron chi connectivity index (χ2n) is 6.88. The Balaban J connectivity index is 1.54. The van der Waals surface area contributed by atoms with Crippen LogP contribution in [0.2, 0.25) is 0 Å². The fraction of sp³-hybridized carbons (Fsp3) is 0.273. The smallest absolute Gasteiger partial charge is 0.121 e. The van der Waals surface area contributed by atoms with E-state index in [0.717, 1.165) is 60.8 Å². The number of amidine groups is 1. The lowest BCUT2D eigenvalue weighted by atomic mass is 9.95. The molecule has 0 fully saturated rings. The zero-order chi connectivity index (χ0) is 18.1. The van der Waals surface area contributed by atoms with Crippen molar-refractivity contribution >= 4 is 17.2 Å². The van der Waals surface area contributed by atoms with E-state index in [1.807, 2.05) is 12.1 Å². The van der Waals surface area contributed by atoms with Gasteiger partial charge in [-0.2, -0.15) is 5.26 Å². The fourth-order valence-corrected chi connectivity index (χ4v) is 3.75. The van der Waals surface area contributed by atoms with Crippen LogP contribution < -0.4 is 5.32 Å². The Hall–Kier alpha value is -2.90. The Morgan fingerprint density at radius 1 is 1.31 bits per heavy atom. The summed E-state index contributed by atoms with van der Waals surface area (Å²) in [5.41, 5.74) is 7.56. The van der Waals surface area contributed by atoms with Crippen molar-refractivity contribution in [2.75, 3.05) is 13.1 Å². The summed E-state index contributed by atoms with van der Waals surface area (Å²) >= 11 is 0. The number of hydrogen-bond acceptors (Lipinski definition) is 4. The molecule has 2 heterocycles. The van der Waals surface area contributed by atoms with Crippen LogP contribution in [0.5, 0.6) is 0 Å². The standard InChI is InChI=1S/C22H22N4/c1-3-16-7-8-21-20(11-16)15(2)24-22(25-21)14-26-10-9-19-17(12-23)5-4-6-18(19)13-26/h4-8,11H,2-3,9-10,13-14H2,1H3,(H,24,25). The molecule has 0 radical (unpaired) electrons. The summed E-state index contributed by atoms with van der Waals surface area (Å²) in [5, 5.41) is 12.7. The number of aryl methyl sites for hydroxylation is 1. The van der Waals surface area contributed by atoms with E-state index >= 15 is 0 Å². The minimum atomic E-state index is 0.754. The van der Waals surface area contributed by atoms with Crippen LogP contribution in [0.3, 0.4) is 0 Å². The van der Waals surface area contributed by atoms with E-state index in [0.29, 0.717) is 0 Å². The molecular weight excluding hydrogens is 320 g/mol. The number of benzene rings is 2. The fourth-order valence-electron chi connectivity index (χ4n) is 3.75. The van der Waals surface area contributed by atoms with Gasteiger partial charge >= 0.3 is 0 Å². The first kappa shape index (κ1) is 16.6. The van der Waals surface area contributed by atoms with Crippen molar-refractivity contribution in [3.63, 3.8) is 0 Å². The quantitative estimate of drug-likeness (QED) is 0.923. The van der Waals surface area contributed by atoms with Crippen molar-refractivity contribution in [1.29, 1.82) is 5.26 Å². The molecule has 4 heteroatoms. The van der Waals surface area contributed by atoms with Gasteiger partial charge in [-0.05, 0) is 47.7 Å². The van der Waals surface area contributed by atoms with Crippen LogP contribution in [0.1, 0.15) is 34.7 Å². The molecule has 0 unspecified atom stereocenters. The van der Waals surface area contributed by atoms with E-state index in [-0.39, 0.29) is 0 Å². The topological polar surface area (TPSA) is 51.4 Å². The molecule has 0 saturated heterocycles. The van der Waals surface area contributed by atoms with Gasteiger partial charge in [0.15, 0.2) is 0 Å². The Labute approximate surface area is 154 Å². The van der Waals surface area contributed by atoms with E-state index in [9.17, 15) is 5.26 Å². The van der Waals surface area contributed by atoms with Crippen molar-refractivity contribution in [3.05, 3.63) is 70.8 Å². The van der Waals surface area contributed by atoms with Gasteiger partial charge in [-0.25, -0.2) is 4.99 Å². The van der Waals surface area contributed by atoms with E-state index in [1.165, 1.54) is 16.7 Å². The number of nitrogens with zero attached hydrogens (tertiary/aromatic N) is 3. The van der Waals surface area contributed by atoms with Gasteiger partial charge in [0.05, 0.1) is 23.9 Å². The van der Waals surface area contributed by atoms with Gasteiger partial charge in [-0.3, -0.25) is 4.90 Å². The Bertz CT molecular complexity index is 949. The van der Waals surface area contributed by atoms with Gasteiger partial charge in [0.25, 0.3) is 0 Å². The minimum Gasteiger partial charge on any atom is -0.343 e. The highest BCUT2D eigenvalue weighted by Gasteiger charge is 2.22. The molecule has 0 spiro atoms. The molecule has 0 aliphatic carbocycles. The first-order chi connectivity index (χ1) is 12.7. The average Bonchev–Trinajstić information content (AvgIpc) is 2.67. The monoisotopic (exact) mass is 342 g/mol. The molecule has 2 aliphatic heterocycles. The highest BCUT2D eigenvalue weighted by molar-refractivity contribution is 5.98. The van der Waals surface area contributed by atoms with Crippen molar-refractivity contribution < 1.29 is 0 Å². The maximum Gasteiger partial charge on any atom is 0.121 e. The third-order valence-corrected chi connectivity index (χ3v) is 5.18. The zero-order valence-electron chi connectivity index (χ0n) is 15.0. The molecule has 0 bridgehead atoms. The first-order valence-corrected chi connectivity index (χ1v) is 9.08. The minimum absolute atomic E-state index is 0.754. The highest BCUT2D eigenvalue weighted by Crippen LogP contribution is 2.29. The predicted molar refractivity (Wildman–Crippen MR) is 105 cm³/mol.